The zero-order valence-electron chi connectivity index (χ0n) is 12.3. The predicted molar refractivity (Wildman–Crippen MR) is 97.9 cm³/mol. The number of hydrogen-bond donors (Lipinski definition) is 1. The number of benzene rings is 1. The van der Waals surface area contributed by atoms with E-state index in [9.17, 15) is 4.79 Å². The summed E-state index contributed by atoms with van der Waals surface area (Å²) in [7, 11) is 0. The van der Waals surface area contributed by atoms with E-state index in [1.807, 2.05) is 23.6 Å². The van der Waals surface area contributed by atoms with Gasteiger partial charge < -0.3 is 4.42 Å². The average Bonchev–Trinajstić information content (AvgIpc) is 3.22. The highest BCUT2D eigenvalue weighted by Gasteiger charge is 2.07. The second-order valence-corrected chi connectivity index (χ2v) is 6.73. The van der Waals surface area contributed by atoms with E-state index in [-0.39, 0.29) is 5.91 Å². The minimum atomic E-state index is -0.176. The number of carbonyl (C=O) groups is 1. The van der Waals surface area contributed by atoms with E-state index in [4.69, 9.17) is 27.6 Å². The van der Waals surface area contributed by atoms with Gasteiger partial charge in [0.15, 0.2) is 0 Å². The summed E-state index contributed by atoms with van der Waals surface area (Å²) in [5, 5.41) is 6.78. The van der Waals surface area contributed by atoms with E-state index in [0.717, 1.165) is 10.4 Å². The van der Waals surface area contributed by atoms with Crippen molar-refractivity contribution in [2.24, 2.45) is 5.10 Å². The van der Waals surface area contributed by atoms with Crippen LogP contribution in [0.3, 0.4) is 0 Å². The van der Waals surface area contributed by atoms with Crippen LogP contribution in [0.25, 0.3) is 11.3 Å². The summed E-state index contributed by atoms with van der Waals surface area (Å²) in [5.41, 5.74) is 3.28. The first-order valence-electron chi connectivity index (χ1n) is 7.01. The van der Waals surface area contributed by atoms with Crippen molar-refractivity contribution in [1.29, 1.82) is 0 Å². The quantitative estimate of drug-likeness (QED) is 0.501. The molecule has 0 aliphatic carbocycles. The Hall–Kier alpha value is -2.08. The Kier molecular flexibility index (Phi) is 5.35. The molecule has 2 aromatic heterocycles. The van der Waals surface area contributed by atoms with Crippen molar-refractivity contribution in [3.63, 3.8) is 0 Å². The molecule has 0 radical (unpaired) electrons. The van der Waals surface area contributed by atoms with Crippen molar-refractivity contribution in [3.05, 3.63) is 68.5 Å². The lowest BCUT2D eigenvalue weighted by atomic mass is 10.2. The van der Waals surface area contributed by atoms with E-state index in [0.29, 0.717) is 28.0 Å². The van der Waals surface area contributed by atoms with Crippen molar-refractivity contribution in [3.8, 4) is 11.3 Å². The number of hydrogen-bond acceptors (Lipinski definition) is 4. The minimum absolute atomic E-state index is 0.176. The van der Waals surface area contributed by atoms with Gasteiger partial charge in [-0.2, -0.15) is 5.10 Å². The van der Waals surface area contributed by atoms with Crippen LogP contribution in [0.4, 0.5) is 0 Å². The fraction of sp³-hybridized carbons (Fsp3) is 0.0588. The van der Waals surface area contributed by atoms with Crippen LogP contribution in [0.1, 0.15) is 10.6 Å². The van der Waals surface area contributed by atoms with Crippen molar-refractivity contribution in [1.82, 2.24) is 5.43 Å². The van der Waals surface area contributed by atoms with Crippen LogP contribution in [0.5, 0.6) is 0 Å². The Labute approximate surface area is 152 Å². The Morgan fingerprint density at radius 3 is 2.83 bits per heavy atom. The summed E-state index contributed by atoms with van der Waals surface area (Å²) >= 11 is 13.4. The molecule has 2 heterocycles. The second kappa shape index (κ2) is 7.66. The minimum Gasteiger partial charge on any atom is -0.455 e. The van der Waals surface area contributed by atoms with Gasteiger partial charge in [-0.1, -0.05) is 29.3 Å². The zero-order valence-corrected chi connectivity index (χ0v) is 14.7. The highest BCUT2D eigenvalue weighted by atomic mass is 35.5. The number of thiophene rings is 1. The van der Waals surface area contributed by atoms with E-state index in [1.165, 1.54) is 17.6 Å². The molecule has 0 fully saturated rings. The predicted octanol–water partition coefficient (Wildman–Crippen LogP) is 5.01. The number of amides is 1. The van der Waals surface area contributed by atoms with Gasteiger partial charge in [0.1, 0.15) is 11.5 Å². The fourth-order valence-corrected chi connectivity index (χ4v) is 3.01. The maximum Gasteiger partial charge on any atom is 0.245 e. The maximum atomic E-state index is 11.7. The lowest BCUT2D eigenvalue weighted by Crippen LogP contribution is -2.19. The number of nitrogens with one attached hydrogen (secondary N) is 1. The first kappa shape index (κ1) is 16.8. The highest BCUT2D eigenvalue weighted by molar-refractivity contribution is 7.10. The summed E-state index contributed by atoms with van der Waals surface area (Å²) in [4.78, 5) is 12.7. The molecule has 0 aliphatic heterocycles. The molecule has 24 heavy (non-hydrogen) atoms. The monoisotopic (exact) mass is 378 g/mol. The third-order valence-corrected chi connectivity index (χ3v) is 4.74. The summed E-state index contributed by atoms with van der Waals surface area (Å²) in [6.07, 6.45) is 1.76. The number of halogens is 2. The summed E-state index contributed by atoms with van der Waals surface area (Å²) in [5.74, 6) is 0.984. The van der Waals surface area contributed by atoms with Crippen LogP contribution >= 0.6 is 34.5 Å². The molecule has 0 atom stereocenters. The normalized spacial score (nSPS) is 11.1. The third kappa shape index (κ3) is 4.26. The van der Waals surface area contributed by atoms with Crippen LogP contribution in [0.15, 0.2) is 57.4 Å². The number of carbonyl (C=O) groups excluding carboxylic acids is 1. The Morgan fingerprint density at radius 2 is 2.08 bits per heavy atom. The average molecular weight is 379 g/mol. The fourth-order valence-electron chi connectivity index (χ4n) is 2.01. The lowest BCUT2D eigenvalue weighted by Gasteiger charge is -1.99. The molecule has 3 rings (SSSR count). The van der Waals surface area contributed by atoms with Gasteiger partial charge in [-0.15, -0.1) is 11.3 Å². The first-order valence-corrected chi connectivity index (χ1v) is 8.65. The van der Waals surface area contributed by atoms with Gasteiger partial charge in [-0.25, -0.2) is 5.43 Å². The molecular weight excluding hydrogens is 367 g/mol. The second-order valence-electron chi connectivity index (χ2n) is 4.88. The van der Waals surface area contributed by atoms with Crippen molar-refractivity contribution in [2.45, 2.75) is 6.42 Å². The largest absolute Gasteiger partial charge is 0.455 e. The van der Waals surface area contributed by atoms with E-state index >= 15 is 0 Å². The number of rotatable bonds is 5. The maximum absolute atomic E-state index is 11.7. The van der Waals surface area contributed by atoms with E-state index in [1.54, 1.807) is 24.3 Å². The van der Waals surface area contributed by atoms with Crippen LogP contribution in [0, 0.1) is 0 Å². The van der Waals surface area contributed by atoms with Crippen molar-refractivity contribution in [2.75, 3.05) is 0 Å². The standard InChI is InChI=1S/C17H12Cl2N2O2S/c18-14-5-3-11(8-15(14)19)16-6-4-12(23-16)10-20-21-17(22)9-13-2-1-7-24-13/h1-8,10H,9H2,(H,21,22)/b20-10-. The molecular formula is C17H12Cl2N2O2S. The molecule has 3 aromatic rings. The van der Waals surface area contributed by atoms with Gasteiger partial charge in [0.05, 0.1) is 22.7 Å². The van der Waals surface area contributed by atoms with Crippen LogP contribution in [-0.2, 0) is 11.2 Å². The zero-order chi connectivity index (χ0) is 16.9. The smallest absolute Gasteiger partial charge is 0.245 e. The summed E-state index contributed by atoms with van der Waals surface area (Å²) < 4.78 is 5.65. The number of hydrazone groups is 1. The summed E-state index contributed by atoms with van der Waals surface area (Å²) in [6.45, 7) is 0. The lowest BCUT2D eigenvalue weighted by molar-refractivity contribution is -0.120. The molecule has 0 saturated heterocycles. The van der Waals surface area contributed by atoms with Crippen LogP contribution < -0.4 is 5.43 Å². The van der Waals surface area contributed by atoms with Gasteiger partial charge in [-0.3, -0.25) is 4.79 Å². The molecule has 4 nitrogen and oxygen atoms in total. The van der Waals surface area contributed by atoms with Gasteiger partial charge in [0.2, 0.25) is 5.91 Å². The molecule has 1 N–H and O–H groups in total. The molecule has 0 spiro atoms. The van der Waals surface area contributed by atoms with E-state index < -0.39 is 0 Å². The number of furan rings is 1. The molecule has 1 aromatic carbocycles. The SMILES string of the molecule is O=C(Cc1cccs1)N/N=C\c1ccc(-c2ccc(Cl)c(Cl)c2)o1. The van der Waals surface area contributed by atoms with E-state index in [2.05, 4.69) is 10.5 Å². The molecule has 1 amide bonds. The van der Waals surface area contributed by atoms with Crippen molar-refractivity contribution >= 4 is 46.7 Å². The summed E-state index contributed by atoms with van der Waals surface area (Å²) in [6, 6.07) is 12.6. The Bertz CT molecular complexity index is 873. The van der Waals surface area contributed by atoms with Crippen LogP contribution in [0.2, 0.25) is 10.0 Å². The van der Waals surface area contributed by atoms with Crippen molar-refractivity contribution < 1.29 is 9.21 Å². The molecule has 0 unspecified atom stereocenters. The highest BCUT2D eigenvalue weighted by Crippen LogP contribution is 2.29. The van der Waals surface area contributed by atoms with Gasteiger partial charge >= 0.3 is 0 Å². The molecule has 0 aliphatic rings. The first-order chi connectivity index (χ1) is 11.6. The Balaban J connectivity index is 1.61. The number of nitrogens with zero attached hydrogens (tertiary/aromatic N) is 1. The topological polar surface area (TPSA) is 54.6 Å². The Morgan fingerprint density at radius 1 is 1.21 bits per heavy atom. The van der Waals surface area contributed by atoms with Crippen LogP contribution in [-0.4, -0.2) is 12.1 Å². The van der Waals surface area contributed by atoms with Gasteiger partial charge in [0, 0.05) is 10.4 Å². The van der Waals surface area contributed by atoms with Gasteiger partial charge in [-0.05, 0) is 41.8 Å². The third-order valence-electron chi connectivity index (χ3n) is 3.13. The molecule has 7 heteroatoms. The molecule has 0 bridgehead atoms. The molecule has 122 valence electrons. The van der Waals surface area contributed by atoms with Gasteiger partial charge in [0.25, 0.3) is 0 Å². The molecule has 0 saturated carbocycles.